The second-order valence-corrected chi connectivity index (χ2v) is 7.99. The van der Waals surface area contributed by atoms with Crippen molar-refractivity contribution in [2.75, 3.05) is 26.7 Å². The molecular weight excluding hydrogens is 368 g/mol. The summed E-state index contributed by atoms with van der Waals surface area (Å²) >= 11 is 0. The largest absolute Gasteiger partial charge is 0.504 e. The summed E-state index contributed by atoms with van der Waals surface area (Å²) in [5, 5.41) is 9.79. The van der Waals surface area contributed by atoms with Crippen LogP contribution in [-0.2, 0) is 4.79 Å². The van der Waals surface area contributed by atoms with Crippen molar-refractivity contribution in [3.63, 3.8) is 0 Å². The van der Waals surface area contributed by atoms with Crippen LogP contribution in [0.25, 0.3) is 0 Å². The molecule has 2 saturated heterocycles. The van der Waals surface area contributed by atoms with E-state index in [9.17, 15) is 14.7 Å². The van der Waals surface area contributed by atoms with Crippen LogP contribution in [0.3, 0.4) is 0 Å². The van der Waals surface area contributed by atoms with Gasteiger partial charge in [-0.3, -0.25) is 9.59 Å². The number of benzene rings is 2. The predicted octanol–water partition coefficient (Wildman–Crippen LogP) is 3.00. The average Bonchev–Trinajstić information content (AvgIpc) is 3.26. The molecule has 0 bridgehead atoms. The fourth-order valence-electron chi connectivity index (χ4n) is 4.85. The zero-order valence-electron chi connectivity index (χ0n) is 17.0. The Balaban J connectivity index is 1.60. The van der Waals surface area contributed by atoms with E-state index in [4.69, 9.17) is 4.74 Å². The molecule has 6 heteroatoms. The quantitative estimate of drug-likeness (QED) is 0.869. The molecule has 6 nitrogen and oxygen atoms in total. The minimum Gasteiger partial charge on any atom is -0.504 e. The van der Waals surface area contributed by atoms with Crippen LogP contribution in [0, 0.1) is 18.8 Å². The van der Waals surface area contributed by atoms with Gasteiger partial charge in [0, 0.05) is 44.0 Å². The highest BCUT2D eigenvalue weighted by molar-refractivity contribution is 5.95. The molecule has 4 rings (SSSR count). The molecule has 2 fully saturated rings. The number of aryl methyl sites for hydroxylation is 1. The molecule has 152 valence electrons. The summed E-state index contributed by atoms with van der Waals surface area (Å²) < 4.78 is 5.14. The van der Waals surface area contributed by atoms with Crippen molar-refractivity contribution in [3.8, 4) is 11.5 Å². The lowest BCUT2D eigenvalue weighted by molar-refractivity contribution is -0.130. The number of rotatable bonds is 3. The first-order valence-electron chi connectivity index (χ1n) is 9.89. The van der Waals surface area contributed by atoms with Gasteiger partial charge in [-0.1, -0.05) is 24.3 Å². The van der Waals surface area contributed by atoms with Crippen molar-refractivity contribution in [3.05, 3.63) is 59.2 Å². The van der Waals surface area contributed by atoms with Crippen LogP contribution in [0.1, 0.15) is 34.5 Å². The van der Waals surface area contributed by atoms with Crippen molar-refractivity contribution in [2.45, 2.75) is 19.9 Å². The summed E-state index contributed by atoms with van der Waals surface area (Å²) in [6.45, 7) is 5.59. The van der Waals surface area contributed by atoms with Gasteiger partial charge in [-0.15, -0.1) is 0 Å². The smallest absolute Gasteiger partial charge is 0.254 e. The van der Waals surface area contributed by atoms with Crippen LogP contribution < -0.4 is 4.74 Å². The number of likely N-dealkylation sites (tertiary alicyclic amines) is 2. The predicted molar refractivity (Wildman–Crippen MR) is 109 cm³/mol. The van der Waals surface area contributed by atoms with E-state index >= 15 is 0 Å². The molecule has 0 unspecified atom stereocenters. The van der Waals surface area contributed by atoms with Crippen molar-refractivity contribution >= 4 is 11.8 Å². The maximum absolute atomic E-state index is 13.1. The van der Waals surface area contributed by atoms with Crippen LogP contribution >= 0.6 is 0 Å². The molecule has 2 aliphatic heterocycles. The summed E-state index contributed by atoms with van der Waals surface area (Å²) in [6, 6.07) is 12.8. The maximum atomic E-state index is 13.1. The van der Waals surface area contributed by atoms with Gasteiger partial charge in [-0.25, -0.2) is 0 Å². The number of phenols is 1. The first-order valence-corrected chi connectivity index (χ1v) is 9.89. The topological polar surface area (TPSA) is 70.1 Å². The van der Waals surface area contributed by atoms with Gasteiger partial charge in [0.05, 0.1) is 13.2 Å². The van der Waals surface area contributed by atoms with E-state index < -0.39 is 0 Å². The molecule has 0 aromatic heterocycles. The van der Waals surface area contributed by atoms with E-state index in [2.05, 4.69) is 19.1 Å². The number of ether oxygens (including phenoxy) is 1. The molecule has 0 aliphatic carbocycles. The molecule has 0 radical (unpaired) electrons. The number of phenolic OH excluding ortho intramolecular Hbond substituents is 1. The second-order valence-electron chi connectivity index (χ2n) is 7.99. The summed E-state index contributed by atoms with van der Waals surface area (Å²) in [6.07, 6.45) is 0. The Morgan fingerprint density at radius 2 is 1.86 bits per heavy atom. The monoisotopic (exact) mass is 394 g/mol. The van der Waals surface area contributed by atoms with Crippen molar-refractivity contribution in [1.82, 2.24) is 9.80 Å². The third kappa shape index (κ3) is 3.33. The zero-order valence-corrected chi connectivity index (χ0v) is 17.0. The normalized spacial score (nSPS) is 23.2. The van der Waals surface area contributed by atoms with Crippen LogP contribution in [-0.4, -0.2) is 53.5 Å². The molecule has 29 heavy (non-hydrogen) atoms. The standard InChI is InChI=1S/C23H26N2O4/c1-14-6-4-5-7-18(14)22-19-13-24(11-17(19)12-25(22)15(2)26)23(28)16-8-9-20(27)21(10-16)29-3/h4-10,17,19,22,27H,11-13H2,1-3H3/t17-,19-,22-/m1/s1. The first-order chi connectivity index (χ1) is 13.9. The molecule has 1 N–H and O–H groups in total. The lowest BCUT2D eigenvalue weighted by Crippen LogP contribution is -2.36. The molecule has 2 amide bonds. The molecule has 2 heterocycles. The van der Waals surface area contributed by atoms with E-state index in [0.29, 0.717) is 25.2 Å². The zero-order chi connectivity index (χ0) is 20.7. The lowest BCUT2D eigenvalue weighted by atomic mass is 9.87. The van der Waals surface area contributed by atoms with Gasteiger partial charge in [0.1, 0.15) is 0 Å². The Hall–Kier alpha value is -3.02. The maximum Gasteiger partial charge on any atom is 0.254 e. The van der Waals surface area contributed by atoms with Gasteiger partial charge >= 0.3 is 0 Å². The lowest BCUT2D eigenvalue weighted by Gasteiger charge is -2.30. The molecule has 2 aliphatic rings. The Morgan fingerprint density at radius 3 is 2.55 bits per heavy atom. The number of aromatic hydroxyl groups is 1. The summed E-state index contributed by atoms with van der Waals surface area (Å²) in [5.74, 6) is 0.772. The van der Waals surface area contributed by atoms with E-state index in [1.165, 1.54) is 13.2 Å². The Bertz CT molecular complexity index is 958. The van der Waals surface area contributed by atoms with Gasteiger partial charge in [-0.05, 0) is 36.2 Å². The number of methoxy groups -OCH3 is 1. The molecule has 0 spiro atoms. The molecule has 2 aromatic carbocycles. The number of nitrogens with zero attached hydrogens (tertiary/aromatic N) is 2. The average molecular weight is 394 g/mol. The second kappa shape index (κ2) is 7.43. The minimum atomic E-state index is -0.0735. The van der Waals surface area contributed by atoms with Gasteiger partial charge in [0.2, 0.25) is 5.91 Å². The summed E-state index contributed by atoms with van der Waals surface area (Å²) in [7, 11) is 1.46. The Kier molecular flexibility index (Phi) is 4.94. The van der Waals surface area contributed by atoms with Gasteiger partial charge < -0.3 is 19.6 Å². The van der Waals surface area contributed by atoms with Crippen LogP contribution in [0.5, 0.6) is 11.5 Å². The van der Waals surface area contributed by atoms with E-state index in [1.807, 2.05) is 21.9 Å². The molecule has 0 saturated carbocycles. The fraction of sp³-hybridized carbons (Fsp3) is 0.391. The highest BCUT2D eigenvalue weighted by atomic mass is 16.5. The van der Waals surface area contributed by atoms with Crippen molar-refractivity contribution < 1.29 is 19.4 Å². The van der Waals surface area contributed by atoms with E-state index in [-0.39, 0.29) is 41.2 Å². The minimum absolute atomic E-state index is 0.00847. The van der Waals surface area contributed by atoms with E-state index in [0.717, 1.165) is 11.1 Å². The summed E-state index contributed by atoms with van der Waals surface area (Å²) in [5.41, 5.74) is 2.82. The number of carbonyl (C=O) groups is 2. The molecular formula is C23H26N2O4. The highest BCUT2D eigenvalue weighted by Gasteiger charge is 2.49. The van der Waals surface area contributed by atoms with E-state index in [1.54, 1.807) is 19.1 Å². The summed E-state index contributed by atoms with van der Waals surface area (Å²) in [4.78, 5) is 29.2. The number of hydrogen-bond donors (Lipinski definition) is 1. The molecule has 2 aromatic rings. The number of hydrogen-bond acceptors (Lipinski definition) is 4. The van der Waals surface area contributed by atoms with Gasteiger partial charge in [0.25, 0.3) is 5.91 Å². The van der Waals surface area contributed by atoms with Crippen LogP contribution in [0.2, 0.25) is 0 Å². The highest BCUT2D eigenvalue weighted by Crippen LogP contribution is 2.46. The van der Waals surface area contributed by atoms with Gasteiger partial charge in [0.15, 0.2) is 11.5 Å². The fourth-order valence-corrected chi connectivity index (χ4v) is 4.85. The Morgan fingerprint density at radius 1 is 1.10 bits per heavy atom. The number of fused-ring (bicyclic) bond motifs is 1. The number of amides is 2. The van der Waals surface area contributed by atoms with Crippen molar-refractivity contribution in [2.24, 2.45) is 11.8 Å². The first kappa shape index (κ1) is 19.3. The van der Waals surface area contributed by atoms with Crippen molar-refractivity contribution in [1.29, 1.82) is 0 Å². The SMILES string of the molecule is COc1cc(C(=O)N2C[C@@H]3CN(C(C)=O)[C@H](c4ccccc4C)[C@@H]3C2)ccc1O. The van der Waals surface area contributed by atoms with Crippen LogP contribution in [0.4, 0.5) is 0 Å². The third-order valence-corrected chi connectivity index (χ3v) is 6.29. The number of carbonyl (C=O) groups excluding carboxylic acids is 2. The Labute approximate surface area is 170 Å². The van der Waals surface area contributed by atoms with Crippen LogP contribution in [0.15, 0.2) is 42.5 Å². The molecule has 3 atom stereocenters. The van der Waals surface area contributed by atoms with Gasteiger partial charge in [-0.2, -0.15) is 0 Å². The third-order valence-electron chi connectivity index (χ3n) is 6.29.